The summed E-state index contributed by atoms with van der Waals surface area (Å²) in [5.74, 6) is 0.479. The van der Waals surface area contributed by atoms with Crippen LogP contribution >= 0.6 is 11.8 Å². The first-order valence-corrected chi connectivity index (χ1v) is 9.55. The zero-order chi connectivity index (χ0) is 16.8. The van der Waals surface area contributed by atoms with Crippen LogP contribution in [-0.4, -0.2) is 24.7 Å². The zero-order valence-electron chi connectivity index (χ0n) is 14.1. The van der Waals surface area contributed by atoms with Gasteiger partial charge in [-0.2, -0.15) is 0 Å². The SMILES string of the molecule is Cc1ccccc1SCC(=O)Nc1ccccc1N1CCCCC1. The second-order valence-corrected chi connectivity index (χ2v) is 7.18. The Balaban J connectivity index is 1.63. The molecule has 4 heteroatoms. The highest BCUT2D eigenvalue weighted by molar-refractivity contribution is 8.00. The van der Waals surface area contributed by atoms with Gasteiger partial charge in [-0.3, -0.25) is 4.79 Å². The number of nitrogens with one attached hydrogen (secondary N) is 1. The fourth-order valence-electron chi connectivity index (χ4n) is 3.04. The molecule has 1 aliphatic heterocycles. The maximum atomic E-state index is 12.4. The van der Waals surface area contributed by atoms with E-state index >= 15 is 0 Å². The van der Waals surface area contributed by atoms with Gasteiger partial charge in [0.25, 0.3) is 0 Å². The van der Waals surface area contributed by atoms with Gasteiger partial charge < -0.3 is 10.2 Å². The molecule has 0 saturated carbocycles. The fourth-order valence-corrected chi connectivity index (χ4v) is 3.87. The molecule has 1 amide bonds. The maximum absolute atomic E-state index is 12.4. The molecule has 0 radical (unpaired) electrons. The lowest BCUT2D eigenvalue weighted by Gasteiger charge is -2.30. The Labute approximate surface area is 148 Å². The van der Waals surface area contributed by atoms with Gasteiger partial charge in [0.1, 0.15) is 0 Å². The number of para-hydroxylation sites is 2. The van der Waals surface area contributed by atoms with Gasteiger partial charge in [0.2, 0.25) is 5.91 Å². The molecular formula is C20H24N2OS. The molecule has 1 saturated heterocycles. The van der Waals surface area contributed by atoms with E-state index in [1.54, 1.807) is 11.8 Å². The Bertz CT molecular complexity index is 696. The maximum Gasteiger partial charge on any atom is 0.234 e. The van der Waals surface area contributed by atoms with Crippen LogP contribution in [0.15, 0.2) is 53.4 Å². The average molecular weight is 340 g/mol. The smallest absolute Gasteiger partial charge is 0.234 e. The number of hydrogen-bond donors (Lipinski definition) is 1. The molecule has 0 unspecified atom stereocenters. The highest BCUT2D eigenvalue weighted by Crippen LogP contribution is 2.29. The van der Waals surface area contributed by atoms with Crippen LogP contribution in [0.5, 0.6) is 0 Å². The number of carbonyl (C=O) groups is 1. The monoisotopic (exact) mass is 340 g/mol. The largest absolute Gasteiger partial charge is 0.370 e. The van der Waals surface area contributed by atoms with Crippen molar-refractivity contribution in [2.24, 2.45) is 0 Å². The minimum atomic E-state index is 0.0488. The number of anilines is 2. The molecule has 3 rings (SSSR count). The number of amides is 1. The van der Waals surface area contributed by atoms with Crippen LogP contribution < -0.4 is 10.2 Å². The lowest BCUT2D eigenvalue weighted by molar-refractivity contribution is -0.113. The van der Waals surface area contributed by atoms with E-state index in [2.05, 4.69) is 35.3 Å². The molecule has 1 aliphatic rings. The van der Waals surface area contributed by atoms with E-state index in [-0.39, 0.29) is 5.91 Å². The number of hydrogen-bond acceptors (Lipinski definition) is 3. The summed E-state index contributed by atoms with van der Waals surface area (Å²) in [5.41, 5.74) is 3.28. The van der Waals surface area contributed by atoms with Gasteiger partial charge in [0, 0.05) is 18.0 Å². The summed E-state index contributed by atoms with van der Waals surface area (Å²) < 4.78 is 0. The van der Waals surface area contributed by atoms with E-state index in [9.17, 15) is 4.79 Å². The summed E-state index contributed by atoms with van der Waals surface area (Å²) in [7, 11) is 0. The number of carbonyl (C=O) groups excluding carboxylic acids is 1. The van der Waals surface area contributed by atoms with E-state index in [1.165, 1.54) is 24.8 Å². The predicted octanol–water partition coefficient (Wildman–Crippen LogP) is 4.72. The molecule has 2 aromatic rings. The Morgan fingerprint density at radius 2 is 1.75 bits per heavy atom. The van der Waals surface area contributed by atoms with Gasteiger partial charge in [-0.05, 0) is 49.9 Å². The van der Waals surface area contributed by atoms with Gasteiger partial charge in [-0.1, -0.05) is 30.3 Å². The molecule has 3 nitrogen and oxygen atoms in total. The average Bonchev–Trinajstić information content (AvgIpc) is 2.62. The Morgan fingerprint density at radius 1 is 1.04 bits per heavy atom. The van der Waals surface area contributed by atoms with Crippen molar-refractivity contribution >= 4 is 29.0 Å². The highest BCUT2D eigenvalue weighted by Gasteiger charge is 2.15. The minimum absolute atomic E-state index is 0.0488. The van der Waals surface area contributed by atoms with E-state index in [0.717, 1.165) is 29.4 Å². The molecule has 0 aliphatic carbocycles. The molecule has 24 heavy (non-hydrogen) atoms. The Morgan fingerprint density at radius 3 is 2.54 bits per heavy atom. The molecular weight excluding hydrogens is 316 g/mol. The topological polar surface area (TPSA) is 32.3 Å². The molecule has 1 fully saturated rings. The third-order valence-electron chi connectivity index (χ3n) is 4.33. The van der Waals surface area contributed by atoms with Crippen molar-refractivity contribution in [3.05, 3.63) is 54.1 Å². The van der Waals surface area contributed by atoms with Crippen molar-refractivity contribution in [2.45, 2.75) is 31.1 Å². The second-order valence-electron chi connectivity index (χ2n) is 6.17. The lowest BCUT2D eigenvalue weighted by Crippen LogP contribution is -2.30. The first-order chi connectivity index (χ1) is 11.7. The third-order valence-corrected chi connectivity index (χ3v) is 5.50. The summed E-state index contributed by atoms with van der Waals surface area (Å²) >= 11 is 1.59. The minimum Gasteiger partial charge on any atom is -0.370 e. The normalized spacial score (nSPS) is 14.5. The molecule has 0 spiro atoms. The molecule has 0 aromatic heterocycles. The molecule has 126 valence electrons. The summed E-state index contributed by atoms with van der Waals surface area (Å²) in [4.78, 5) is 15.9. The van der Waals surface area contributed by atoms with Crippen LogP contribution in [0.1, 0.15) is 24.8 Å². The first-order valence-electron chi connectivity index (χ1n) is 8.56. The number of benzene rings is 2. The third kappa shape index (κ3) is 4.32. The number of aryl methyl sites for hydroxylation is 1. The van der Waals surface area contributed by atoms with Crippen LogP contribution in [0.4, 0.5) is 11.4 Å². The van der Waals surface area contributed by atoms with Gasteiger partial charge in [0.15, 0.2) is 0 Å². The number of thioether (sulfide) groups is 1. The number of rotatable bonds is 5. The Hall–Kier alpha value is -1.94. The van der Waals surface area contributed by atoms with Gasteiger partial charge in [-0.15, -0.1) is 11.8 Å². The van der Waals surface area contributed by atoms with Crippen LogP contribution in [-0.2, 0) is 4.79 Å². The van der Waals surface area contributed by atoms with Crippen molar-refractivity contribution in [1.82, 2.24) is 0 Å². The summed E-state index contributed by atoms with van der Waals surface area (Å²) in [6.45, 7) is 4.22. The van der Waals surface area contributed by atoms with E-state index in [0.29, 0.717) is 5.75 Å². The summed E-state index contributed by atoms with van der Waals surface area (Å²) in [5, 5.41) is 3.10. The molecule has 0 atom stereocenters. The summed E-state index contributed by atoms with van der Waals surface area (Å²) in [6, 6.07) is 16.3. The molecule has 2 aromatic carbocycles. The zero-order valence-corrected chi connectivity index (χ0v) is 14.9. The Kier molecular flexibility index (Phi) is 5.81. The predicted molar refractivity (Wildman–Crippen MR) is 103 cm³/mol. The van der Waals surface area contributed by atoms with Crippen molar-refractivity contribution in [3.63, 3.8) is 0 Å². The van der Waals surface area contributed by atoms with E-state index in [1.807, 2.05) is 30.3 Å². The van der Waals surface area contributed by atoms with E-state index in [4.69, 9.17) is 0 Å². The van der Waals surface area contributed by atoms with Crippen LogP contribution in [0.2, 0.25) is 0 Å². The lowest BCUT2D eigenvalue weighted by atomic mass is 10.1. The van der Waals surface area contributed by atoms with Crippen molar-refractivity contribution in [3.8, 4) is 0 Å². The first kappa shape index (κ1) is 16.9. The number of nitrogens with zero attached hydrogens (tertiary/aromatic N) is 1. The van der Waals surface area contributed by atoms with Crippen molar-refractivity contribution in [1.29, 1.82) is 0 Å². The van der Waals surface area contributed by atoms with E-state index < -0.39 is 0 Å². The standard InChI is InChI=1S/C20H24N2OS/c1-16-9-3-6-12-19(16)24-15-20(23)21-17-10-4-5-11-18(17)22-13-7-2-8-14-22/h3-6,9-12H,2,7-8,13-15H2,1H3,(H,21,23). The van der Waals surface area contributed by atoms with Crippen LogP contribution in [0.3, 0.4) is 0 Å². The van der Waals surface area contributed by atoms with Crippen molar-refractivity contribution < 1.29 is 4.79 Å². The molecule has 1 N–H and O–H groups in total. The molecule has 1 heterocycles. The quantitative estimate of drug-likeness (QED) is 0.800. The van der Waals surface area contributed by atoms with Gasteiger partial charge >= 0.3 is 0 Å². The van der Waals surface area contributed by atoms with Gasteiger partial charge in [0.05, 0.1) is 17.1 Å². The summed E-state index contributed by atoms with van der Waals surface area (Å²) in [6.07, 6.45) is 3.76. The van der Waals surface area contributed by atoms with Crippen molar-refractivity contribution in [2.75, 3.05) is 29.1 Å². The highest BCUT2D eigenvalue weighted by atomic mass is 32.2. The van der Waals surface area contributed by atoms with Crippen LogP contribution in [0.25, 0.3) is 0 Å². The van der Waals surface area contributed by atoms with Gasteiger partial charge in [-0.25, -0.2) is 0 Å². The van der Waals surface area contributed by atoms with Crippen LogP contribution in [0, 0.1) is 6.92 Å². The molecule has 0 bridgehead atoms. The second kappa shape index (κ2) is 8.25. The fraction of sp³-hybridized carbons (Fsp3) is 0.350. The number of piperidine rings is 1.